The van der Waals surface area contributed by atoms with Crippen LogP contribution in [0.4, 0.5) is 5.00 Å². The number of thiophene rings is 1. The van der Waals surface area contributed by atoms with Crippen molar-refractivity contribution in [1.82, 2.24) is 5.32 Å². The molecule has 0 unspecified atom stereocenters. The van der Waals surface area contributed by atoms with Gasteiger partial charge in [0, 0.05) is 4.88 Å². The minimum absolute atomic E-state index is 0.00927. The van der Waals surface area contributed by atoms with Gasteiger partial charge in [0.1, 0.15) is 10.8 Å². The topological polar surface area (TPSA) is 121 Å². The number of aliphatic imine (C=N–C) groups is 1. The highest BCUT2D eigenvalue weighted by molar-refractivity contribution is 8.14. The van der Waals surface area contributed by atoms with Gasteiger partial charge in [0.05, 0.1) is 24.3 Å². The predicted octanol–water partition coefficient (Wildman–Crippen LogP) is 2.07. The molecule has 2 rings (SSSR count). The fraction of sp³-hybridized carbons (Fsp3) is 0.400. The highest BCUT2D eigenvalue weighted by atomic mass is 32.2. The van der Waals surface area contributed by atoms with Crippen LogP contribution in [0.1, 0.15) is 34.1 Å². The van der Waals surface area contributed by atoms with Gasteiger partial charge in [0.2, 0.25) is 11.8 Å². The quantitative estimate of drug-likeness (QED) is 0.673. The lowest BCUT2D eigenvalue weighted by Crippen LogP contribution is -2.35. The standard InChI is InChI=1S/C15H18N4O4S2/c1-4-23-14(22)12-7(2)8(3)25-13(12)18-11(21)6-24-15-17-9(16)5-10(20)19-15/h4-6H2,1-3H3,(H,18,21)(H2,16,17,19,20). The molecule has 1 aliphatic heterocycles. The molecule has 25 heavy (non-hydrogen) atoms. The summed E-state index contributed by atoms with van der Waals surface area (Å²) in [6.45, 7) is 5.64. The van der Waals surface area contributed by atoms with Gasteiger partial charge in [-0.05, 0) is 26.3 Å². The van der Waals surface area contributed by atoms with Gasteiger partial charge in [-0.3, -0.25) is 15.0 Å². The number of nitrogens with one attached hydrogen (secondary N) is 3. The second kappa shape index (κ2) is 8.26. The maximum atomic E-state index is 12.2. The van der Waals surface area contributed by atoms with Crippen LogP contribution in [-0.2, 0) is 14.3 Å². The number of esters is 1. The lowest BCUT2D eigenvalue weighted by atomic mass is 10.1. The number of rotatable bonds is 5. The van der Waals surface area contributed by atoms with E-state index in [0.29, 0.717) is 10.6 Å². The minimum atomic E-state index is -0.468. The molecular formula is C15H18N4O4S2. The lowest BCUT2D eigenvalue weighted by molar-refractivity contribution is -0.118. The number of amides is 2. The molecule has 3 N–H and O–H groups in total. The van der Waals surface area contributed by atoms with Crippen LogP contribution in [0.15, 0.2) is 4.99 Å². The van der Waals surface area contributed by atoms with Crippen LogP contribution < -0.4 is 10.6 Å². The molecule has 134 valence electrons. The Morgan fingerprint density at radius 2 is 2.16 bits per heavy atom. The van der Waals surface area contributed by atoms with Crippen molar-refractivity contribution in [2.75, 3.05) is 17.7 Å². The molecule has 0 bridgehead atoms. The Hall–Kier alpha value is -2.20. The van der Waals surface area contributed by atoms with Crippen molar-refractivity contribution in [2.24, 2.45) is 4.99 Å². The summed E-state index contributed by atoms with van der Waals surface area (Å²) in [6.07, 6.45) is -0.0626. The number of carbonyl (C=O) groups excluding carboxylic acids is 3. The maximum Gasteiger partial charge on any atom is 0.341 e. The van der Waals surface area contributed by atoms with E-state index in [1.54, 1.807) is 13.8 Å². The first-order chi connectivity index (χ1) is 11.8. The maximum absolute atomic E-state index is 12.2. The Kier molecular flexibility index (Phi) is 6.32. The summed E-state index contributed by atoms with van der Waals surface area (Å²) in [4.78, 5) is 40.4. The summed E-state index contributed by atoms with van der Waals surface area (Å²) >= 11 is 2.33. The Morgan fingerprint density at radius 1 is 1.44 bits per heavy atom. The van der Waals surface area contributed by atoms with E-state index in [9.17, 15) is 14.4 Å². The Balaban J connectivity index is 2.03. The zero-order valence-electron chi connectivity index (χ0n) is 14.0. The Morgan fingerprint density at radius 3 is 2.80 bits per heavy atom. The fourth-order valence-corrected chi connectivity index (χ4v) is 3.80. The minimum Gasteiger partial charge on any atom is -0.462 e. The molecule has 0 fully saturated rings. The highest BCUT2D eigenvalue weighted by Crippen LogP contribution is 2.33. The summed E-state index contributed by atoms with van der Waals surface area (Å²) < 4.78 is 5.04. The number of hydrogen-bond donors (Lipinski definition) is 3. The molecule has 2 heterocycles. The third-order valence-corrected chi connectivity index (χ3v) is 5.26. The van der Waals surface area contributed by atoms with E-state index < -0.39 is 5.97 Å². The van der Waals surface area contributed by atoms with Gasteiger partial charge in [-0.25, -0.2) is 9.79 Å². The van der Waals surface area contributed by atoms with Crippen molar-refractivity contribution in [3.05, 3.63) is 16.0 Å². The van der Waals surface area contributed by atoms with E-state index in [0.717, 1.165) is 22.2 Å². The predicted molar refractivity (Wildman–Crippen MR) is 98.8 cm³/mol. The van der Waals surface area contributed by atoms with Crippen LogP contribution in [0.3, 0.4) is 0 Å². The van der Waals surface area contributed by atoms with E-state index in [-0.39, 0.29) is 41.6 Å². The largest absolute Gasteiger partial charge is 0.462 e. The number of amidine groups is 2. The van der Waals surface area contributed by atoms with Crippen LogP contribution in [-0.4, -0.2) is 41.1 Å². The van der Waals surface area contributed by atoms with Gasteiger partial charge in [0.25, 0.3) is 0 Å². The van der Waals surface area contributed by atoms with E-state index >= 15 is 0 Å². The zero-order chi connectivity index (χ0) is 18.6. The van der Waals surface area contributed by atoms with Crippen molar-refractivity contribution < 1.29 is 19.1 Å². The van der Waals surface area contributed by atoms with E-state index in [2.05, 4.69) is 15.6 Å². The van der Waals surface area contributed by atoms with Crippen molar-refractivity contribution in [3.8, 4) is 0 Å². The number of thioether (sulfide) groups is 1. The second-order valence-corrected chi connectivity index (χ2v) is 7.32. The smallest absolute Gasteiger partial charge is 0.341 e. The number of ether oxygens (including phenoxy) is 1. The van der Waals surface area contributed by atoms with Gasteiger partial charge >= 0.3 is 5.97 Å². The summed E-state index contributed by atoms with van der Waals surface area (Å²) in [5, 5.41) is 13.3. The van der Waals surface area contributed by atoms with Gasteiger partial charge < -0.3 is 15.4 Å². The van der Waals surface area contributed by atoms with E-state index in [4.69, 9.17) is 10.1 Å². The molecule has 10 heteroatoms. The normalized spacial score (nSPS) is 14.0. The Labute approximate surface area is 152 Å². The molecule has 0 aliphatic carbocycles. The average Bonchev–Trinajstić information content (AvgIpc) is 2.79. The van der Waals surface area contributed by atoms with Crippen LogP contribution in [0.25, 0.3) is 0 Å². The van der Waals surface area contributed by atoms with Crippen molar-refractivity contribution >= 4 is 56.9 Å². The third kappa shape index (κ3) is 4.89. The molecule has 0 atom stereocenters. The SMILES string of the molecule is CCOC(=O)c1c(NC(=O)CSC2=NC(=N)CC(=O)N2)sc(C)c1C. The number of anilines is 1. The first-order valence-corrected chi connectivity index (χ1v) is 9.27. The number of nitrogens with zero attached hydrogens (tertiary/aromatic N) is 1. The van der Waals surface area contributed by atoms with Crippen LogP contribution in [0, 0.1) is 19.3 Å². The van der Waals surface area contributed by atoms with E-state index in [1.807, 2.05) is 6.92 Å². The molecule has 0 radical (unpaired) electrons. The van der Waals surface area contributed by atoms with Crippen LogP contribution in [0.2, 0.25) is 0 Å². The second-order valence-electron chi connectivity index (χ2n) is 5.13. The van der Waals surface area contributed by atoms with Crippen molar-refractivity contribution in [3.63, 3.8) is 0 Å². The first-order valence-electron chi connectivity index (χ1n) is 7.47. The number of carbonyl (C=O) groups is 3. The van der Waals surface area contributed by atoms with Gasteiger partial charge in [-0.2, -0.15) is 0 Å². The molecule has 0 saturated carbocycles. The number of aryl methyl sites for hydroxylation is 1. The van der Waals surface area contributed by atoms with Crippen molar-refractivity contribution in [2.45, 2.75) is 27.2 Å². The number of hydrogen-bond acceptors (Lipinski definition) is 7. The molecular weight excluding hydrogens is 364 g/mol. The molecule has 1 aromatic heterocycles. The molecule has 0 saturated heterocycles. The van der Waals surface area contributed by atoms with Crippen LogP contribution in [0.5, 0.6) is 0 Å². The molecule has 0 aromatic carbocycles. The summed E-state index contributed by atoms with van der Waals surface area (Å²) in [6, 6.07) is 0. The average molecular weight is 382 g/mol. The fourth-order valence-electron chi connectivity index (χ4n) is 2.03. The molecule has 1 aliphatic rings. The van der Waals surface area contributed by atoms with Gasteiger partial charge in [-0.15, -0.1) is 11.3 Å². The zero-order valence-corrected chi connectivity index (χ0v) is 15.7. The Bertz CT molecular complexity index is 770. The van der Waals surface area contributed by atoms with E-state index in [1.165, 1.54) is 11.3 Å². The van der Waals surface area contributed by atoms with Crippen LogP contribution >= 0.6 is 23.1 Å². The summed E-state index contributed by atoms with van der Waals surface area (Å²) in [7, 11) is 0. The molecule has 1 aromatic rings. The molecule has 8 nitrogen and oxygen atoms in total. The third-order valence-electron chi connectivity index (χ3n) is 3.27. The summed E-state index contributed by atoms with van der Waals surface area (Å²) in [5.41, 5.74) is 1.15. The highest BCUT2D eigenvalue weighted by Gasteiger charge is 2.23. The monoisotopic (exact) mass is 382 g/mol. The molecule has 0 spiro atoms. The van der Waals surface area contributed by atoms with Crippen molar-refractivity contribution in [1.29, 1.82) is 5.41 Å². The van der Waals surface area contributed by atoms with Gasteiger partial charge in [0.15, 0.2) is 5.17 Å². The lowest BCUT2D eigenvalue weighted by Gasteiger charge is -2.13. The first kappa shape index (κ1) is 19.1. The van der Waals surface area contributed by atoms with Gasteiger partial charge in [-0.1, -0.05) is 11.8 Å². The molecule has 2 amide bonds. The summed E-state index contributed by atoms with van der Waals surface area (Å²) in [5.74, 6) is -1.18.